The average Bonchev–Trinajstić information content (AvgIpc) is 3.41. The minimum atomic E-state index is 0.00116. The number of aromatic nitrogens is 2. The van der Waals surface area contributed by atoms with Crippen LogP contribution in [0.2, 0.25) is 0 Å². The zero-order valence-corrected chi connectivity index (χ0v) is 14.9. The molecular formula is C18H22N4O2S. The van der Waals surface area contributed by atoms with Crippen molar-refractivity contribution in [3.8, 4) is 0 Å². The lowest BCUT2D eigenvalue weighted by atomic mass is 10.1. The van der Waals surface area contributed by atoms with E-state index in [0.29, 0.717) is 24.1 Å². The largest absolute Gasteiger partial charge is 0.371 e. The van der Waals surface area contributed by atoms with Gasteiger partial charge in [-0.2, -0.15) is 0 Å². The van der Waals surface area contributed by atoms with Gasteiger partial charge in [-0.1, -0.05) is 41.7 Å². The molecule has 2 heterocycles. The zero-order valence-electron chi connectivity index (χ0n) is 14.1. The molecule has 4 rings (SSSR count). The van der Waals surface area contributed by atoms with Crippen LogP contribution in [0.5, 0.6) is 0 Å². The van der Waals surface area contributed by atoms with E-state index >= 15 is 0 Å². The summed E-state index contributed by atoms with van der Waals surface area (Å²) in [6, 6.07) is 10.3. The molecule has 1 aromatic heterocycles. The predicted molar refractivity (Wildman–Crippen MR) is 96.7 cm³/mol. The fourth-order valence-electron chi connectivity index (χ4n) is 3.00. The summed E-state index contributed by atoms with van der Waals surface area (Å²) < 4.78 is 5.87. The van der Waals surface area contributed by atoms with Gasteiger partial charge in [-0.3, -0.25) is 9.69 Å². The van der Waals surface area contributed by atoms with E-state index in [1.54, 1.807) is 0 Å². The van der Waals surface area contributed by atoms with Crippen LogP contribution >= 0.6 is 11.3 Å². The number of nitrogens with zero attached hydrogens (tertiary/aromatic N) is 3. The van der Waals surface area contributed by atoms with Crippen molar-refractivity contribution < 1.29 is 9.53 Å². The van der Waals surface area contributed by atoms with Crippen molar-refractivity contribution in [1.82, 2.24) is 15.1 Å². The van der Waals surface area contributed by atoms with Crippen molar-refractivity contribution in [2.75, 3.05) is 31.6 Å². The second-order valence-corrected chi connectivity index (χ2v) is 7.60. The van der Waals surface area contributed by atoms with Crippen molar-refractivity contribution in [3.63, 3.8) is 0 Å². The summed E-state index contributed by atoms with van der Waals surface area (Å²) in [6.07, 6.45) is 2.94. The molecule has 2 aliphatic rings. The van der Waals surface area contributed by atoms with Gasteiger partial charge in [0.2, 0.25) is 11.0 Å². The summed E-state index contributed by atoms with van der Waals surface area (Å²) in [4.78, 5) is 14.5. The smallest absolute Gasteiger partial charge is 0.227 e. The molecule has 25 heavy (non-hydrogen) atoms. The normalized spacial score (nSPS) is 21.2. The van der Waals surface area contributed by atoms with Gasteiger partial charge in [0.15, 0.2) is 0 Å². The maximum Gasteiger partial charge on any atom is 0.227 e. The number of nitrogens with one attached hydrogen (secondary N) is 1. The van der Waals surface area contributed by atoms with E-state index in [1.165, 1.54) is 29.7 Å². The molecular weight excluding hydrogens is 336 g/mol. The Balaban J connectivity index is 1.25. The van der Waals surface area contributed by atoms with Crippen LogP contribution in [0, 0.1) is 0 Å². The minimum absolute atomic E-state index is 0.00116. The van der Waals surface area contributed by atoms with Crippen LogP contribution in [0.4, 0.5) is 5.13 Å². The van der Waals surface area contributed by atoms with E-state index in [2.05, 4.69) is 32.5 Å². The number of hydrogen-bond donors (Lipinski definition) is 1. The molecule has 2 fully saturated rings. The first kappa shape index (κ1) is 16.6. The Morgan fingerprint density at radius 3 is 2.92 bits per heavy atom. The number of carbonyl (C=O) groups is 1. The first-order valence-electron chi connectivity index (χ1n) is 8.80. The molecule has 0 unspecified atom stereocenters. The van der Waals surface area contributed by atoms with Crippen molar-refractivity contribution >= 4 is 22.4 Å². The maximum atomic E-state index is 12.2. The molecule has 1 N–H and O–H groups in total. The van der Waals surface area contributed by atoms with E-state index < -0.39 is 0 Å². The Hall–Kier alpha value is -1.83. The summed E-state index contributed by atoms with van der Waals surface area (Å²) in [5.41, 5.74) is 1.19. The highest BCUT2D eigenvalue weighted by molar-refractivity contribution is 7.15. The Kier molecular flexibility index (Phi) is 5.05. The summed E-state index contributed by atoms with van der Waals surface area (Å²) in [5, 5.41) is 12.8. The van der Waals surface area contributed by atoms with Crippen LogP contribution in [-0.4, -0.2) is 47.2 Å². The molecule has 7 heteroatoms. The zero-order chi connectivity index (χ0) is 17.1. The number of ether oxygens (including phenoxy) is 1. The van der Waals surface area contributed by atoms with E-state index in [9.17, 15) is 4.79 Å². The number of anilines is 1. The standard InChI is InChI=1S/C18H22N4O2S/c23-16(19-18-21-20-17(25-18)14-6-7-14)8-9-22-10-11-24-15(12-22)13-4-2-1-3-5-13/h1-5,14-15H,6-12H2,(H,19,21,23)/t15-/m1/s1. The third-order valence-electron chi connectivity index (χ3n) is 4.59. The van der Waals surface area contributed by atoms with E-state index in [0.717, 1.165) is 24.6 Å². The van der Waals surface area contributed by atoms with Gasteiger partial charge in [0.1, 0.15) is 5.01 Å². The number of hydrogen-bond acceptors (Lipinski definition) is 6. The van der Waals surface area contributed by atoms with Crippen LogP contribution in [-0.2, 0) is 9.53 Å². The van der Waals surface area contributed by atoms with Gasteiger partial charge in [-0.25, -0.2) is 0 Å². The second kappa shape index (κ2) is 7.59. The van der Waals surface area contributed by atoms with Gasteiger partial charge in [0, 0.05) is 32.0 Å². The van der Waals surface area contributed by atoms with E-state index in [4.69, 9.17) is 4.74 Å². The van der Waals surface area contributed by atoms with Crippen molar-refractivity contribution in [3.05, 3.63) is 40.9 Å². The number of benzene rings is 1. The molecule has 2 aromatic rings. The summed E-state index contributed by atoms with van der Waals surface area (Å²) in [5.74, 6) is 0.577. The Morgan fingerprint density at radius 2 is 2.12 bits per heavy atom. The molecule has 0 bridgehead atoms. The second-order valence-electron chi connectivity index (χ2n) is 6.59. The molecule has 1 aliphatic carbocycles. The van der Waals surface area contributed by atoms with Crippen molar-refractivity contribution in [2.24, 2.45) is 0 Å². The van der Waals surface area contributed by atoms with Crippen LogP contribution < -0.4 is 5.32 Å². The lowest BCUT2D eigenvalue weighted by Crippen LogP contribution is -2.39. The SMILES string of the molecule is O=C(CCN1CCO[C@@H](c2ccccc2)C1)Nc1nnc(C2CC2)s1. The van der Waals surface area contributed by atoms with Gasteiger partial charge in [-0.05, 0) is 18.4 Å². The summed E-state index contributed by atoms with van der Waals surface area (Å²) in [7, 11) is 0. The van der Waals surface area contributed by atoms with Crippen LogP contribution in [0.15, 0.2) is 30.3 Å². The summed E-state index contributed by atoms with van der Waals surface area (Å²) >= 11 is 1.50. The lowest BCUT2D eigenvalue weighted by Gasteiger charge is -2.33. The third-order valence-corrected chi connectivity index (χ3v) is 5.59. The van der Waals surface area contributed by atoms with Gasteiger partial charge in [0.25, 0.3) is 0 Å². The number of rotatable bonds is 6. The van der Waals surface area contributed by atoms with E-state index in [1.807, 2.05) is 18.2 Å². The molecule has 1 saturated carbocycles. The highest BCUT2D eigenvalue weighted by Crippen LogP contribution is 2.42. The van der Waals surface area contributed by atoms with Crippen molar-refractivity contribution in [1.29, 1.82) is 0 Å². The van der Waals surface area contributed by atoms with E-state index in [-0.39, 0.29) is 12.0 Å². The Morgan fingerprint density at radius 1 is 1.28 bits per heavy atom. The third kappa shape index (κ3) is 4.42. The molecule has 6 nitrogen and oxygen atoms in total. The number of amides is 1. The molecule has 1 saturated heterocycles. The van der Waals surface area contributed by atoms with Crippen LogP contribution in [0.1, 0.15) is 41.9 Å². The average molecular weight is 358 g/mol. The van der Waals surface area contributed by atoms with Gasteiger partial charge < -0.3 is 10.1 Å². The Labute approximate surface area is 151 Å². The van der Waals surface area contributed by atoms with Crippen LogP contribution in [0.3, 0.4) is 0 Å². The topological polar surface area (TPSA) is 67.3 Å². The fraction of sp³-hybridized carbons (Fsp3) is 0.500. The highest BCUT2D eigenvalue weighted by Gasteiger charge is 2.28. The molecule has 0 radical (unpaired) electrons. The number of carbonyl (C=O) groups excluding carboxylic acids is 1. The van der Waals surface area contributed by atoms with Crippen LogP contribution in [0.25, 0.3) is 0 Å². The first-order valence-corrected chi connectivity index (χ1v) is 9.62. The highest BCUT2D eigenvalue weighted by atomic mass is 32.1. The molecule has 0 spiro atoms. The van der Waals surface area contributed by atoms with Crippen molar-refractivity contribution in [2.45, 2.75) is 31.3 Å². The maximum absolute atomic E-state index is 12.2. The monoisotopic (exact) mass is 358 g/mol. The predicted octanol–water partition coefficient (Wildman–Crippen LogP) is 2.82. The minimum Gasteiger partial charge on any atom is -0.371 e. The van der Waals surface area contributed by atoms with Gasteiger partial charge >= 0.3 is 0 Å². The first-order chi connectivity index (χ1) is 12.3. The molecule has 1 amide bonds. The fourth-order valence-corrected chi connectivity index (χ4v) is 3.93. The number of morpholine rings is 1. The Bertz CT molecular complexity index is 717. The van der Waals surface area contributed by atoms with Gasteiger partial charge in [0.05, 0.1) is 12.7 Å². The van der Waals surface area contributed by atoms with Gasteiger partial charge in [-0.15, -0.1) is 10.2 Å². The molecule has 132 valence electrons. The molecule has 1 atom stereocenters. The summed E-state index contributed by atoms with van der Waals surface area (Å²) in [6.45, 7) is 3.11. The molecule has 1 aromatic carbocycles. The lowest BCUT2D eigenvalue weighted by molar-refractivity contribution is -0.117. The molecule has 1 aliphatic heterocycles. The quantitative estimate of drug-likeness (QED) is 0.860.